The lowest BCUT2D eigenvalue weighted by Gasteiger charge is -2.28. The van der Waals surface area contributed by atoms with Crippen molar-refractivity contribution in [2.45, 2.75) is 44.9 Å². The molecule has 2 amide bonds. The number of rotatable bonds is 6. The van der Waals surface area contributed by atoms with Crippen molar-refractivity contribution in [2.24, 2.45) is 5.92 Å². The normalized spacial score (nSPS) is 21.7. The molecule has 3 atom stereocenters. The van der Waals surface area contributed by atoms with E-state index in [0.29, 0.717) is 24.9 Å². The van der Waals surface area contributed by atoms with Gasteiger partial charge in [0, 0.05) is 29.4 Å². The fourth-order valence-electron chi connectivity index (χ4n) is 4.12. The first-order chi connectivity index (χ1) is 14.4. The fraction of sp³-hybridized carbons (Fsp3) is 0.455. The molecule has 2 aliphatic rings. The fourth-order valence-corrected chi connectivity index (χ4v) is 4.83. The molecule has 30 heavy (non-hydrogen) atoms. The van der Waals surface area contributed by atoms with Crippen LogP contribution in [-0.4, -0.2) is 58.8 Å². The Morgan fingerprint density at radius 2 is 2.20 bits per heavy atom. The van der Waals surface area contributed by atoms with Gasteiger partial charge in [-0.05, 0) is 36.3 Å². The quantitative estimate of drug-likeness (QED) is 0.765. The van der Waals surface area contributed by atoms with Crippen molar-refractivity contribution in [1.82, 2.24) is 15.2 Å². The second-order valence-electron chi connectivity index (χ2n) is 8.18. The standard InChI is InChI=1S/C22H25N3O4S/c1-13(2)8-16(22(28)25-6-5-18-20(25)17(26)12-29-18)24-21(27)15-9-14(10-23-11-15)19-4-3-7-30-19/h3-4,7,9-11,13,16,18,20H,5-6,8,12H2,1-2H3,(H,24,27)/t16-,18+,20+/m0/s1. The molecule has 0 aromatic carbocycles. The van der Waals surface area contributed by atoms with Gasteiger partial charge < -0.3 is 15.0 Å². The topological polar surface area (TPSA) is 88.6 Å². The van der Waals surface area contributed by atoms with Gasteiger partial charge in [-0.2, -0.15) is 0 Å². The number of nitrogens with zero attached hydrogens (tertiary/aromatic N) is 2. The minimum Gasteiger partial charge on any atom is -0.368 e. The van der Waals surface area contributed by atoms with Gasteiger partial charge in [0.15, 0.2) is 5.78 Å². The highest BCUT2D eigenvalue weighted by atomic mass is 32.1. The SMILES string of the molecule is CC(C)C[C@H](NC(=O)c1cncc(-c2cccs2)c1)C(=O)N1CC[C@H]2OCC(=O)[C@H]21. The molecule has 0 aliphatic carbocycles. The van der Waals surface area contributed by atoms with Crippen molar-refractivity contribution in [1.29, 1.82) is 0 Å². The molecule has 1 N–H and O–H groups in total. The van der Waals surface area contributed by atoms with Crippen molar-refractivity contribution >= 4 is 28.9 Å². The lowest BCUT2D eigenvalue weighted by Crippen LogP contribution is -2.52. The molecule has 0 bridgehead atoms. The van der Waals surface area contributed by atoms with Gasteiger partial charge in [-0.1, -0.05) is 19.9 Å². The van der Waals surface area contributed by atoms with E-state index < -0.39 is 12.1 Å². The van der Waals surface area contributed by atoms with Gasteiger partial charge in [-0.25, -0.2) is 0 Å². The third-order valence-electron chi connectivity index (χ3n) is 5.51. The van der Waals surface area contributed by atoms with E-state index in [1.807, 2.05) is 31.4 Å². The number of pyridine rings is 1. The number of hydrogen-bond donors (Lipinski definition) is 1. The molecule has 2 aromatic rings. The Morgan fingerprint density at radius 1 is 1.37 bits per heavy atom. The summed E-state index contributed by atoms with van der Waals surface area (Å²) in [5, 5.41) is 4.86. The van der Waals surface area contributed by atoms with Crippen LogP contribution in [0.1, 0.15) is 37.0 Å². The molecule has 7 nitrogen and oxygen atoms in total. The van der Waals surface area contributed by atoms with Crippen LogP contribution in [0.15, 0.2) is 36.0 Å². The molecule has 2 fully saturated rings. The Hall–Kier alpha value is -2.58. The van der Waals surface area contributed by atoms with Gasteiger partial charge >= 0.3 is 0 Å². The smallest absolute Gasteiger partial charge is 0.253 e. The average molecular weight is 428 g/mol. The maximum Gasteiger partial charge on any atom is 0.253 e. The monoisotopic (exact) mass is 427 g/mol. The van der Waals surface area contributed by atoms with Crippen LogP contribution in [0.5, 0.6) is 0 Å². The molecule has 2 aliphatic heterocycles. The van der Waals surface area contributed by atoms with Gasteiger partial charge in [0.2, 0.25) is 5.91 Å². The Labute approximate surface area is 179 Å². The van der Waals surface area contributed by atoms with E-state index >= 15 is 0 Å². The van der Waals surface area contributed by atoms with Gasteiger partial charge in [-0.3, -0.25) is 19.4 Å². The minimum absolute atomic E-state index is 0.0570. The molecule has 2 saturated heterocycles. The van der Waals surface area contributed by atoms with Gasteiger partial charge in [0.25, 0.3) is 5.91 Å². The summed E-state index contributed by atoms with van der Waals surface area (Å²) in [5.74, 6) is -0.424. The molecule has 158 valence electrons. The number of carbonyl (C=O) groups is 3. The Balaban J connectivity index is 1.52. The molecule has 2 aromatic heterocycles. The number of ketones is 1. The van der Waals surface area contributed by atoms with Crippen LogP contribution in [0.2, 0.25) is 0 Å². The third-order valence-corrected chi connectivity index (χ3v) is 6.43. The average Bonchev–Trinajstić information content (AvgIpc) is 3.46. The second-order valence-corrected chi connectivity index (χ2v) is 9.12. The van der Waals surface area contributed by atoms with Gasteiger partial charge in [-0.15, -0.1) is 11.3 Å². The largest absolute Gasteiger partial charge is 0.368 e. The summed E-state index contributed by atoms with van der Waals surface area (Å²) in [7, 11) is 0. The first-order valence-corrected chi connectivity index (χ1v) is 11.1. The molecule has 0 radical (unpaired) electrons. The highest BCUT2D eigenvalue weighted by Crippen LogP contribution is 2.28. The van der Waals surface area contributed by atoms with Crippen LogP contribution in [0.4, 0.5) is 0 Å². The highest BCUT2D eigenvalue weighted by molar-refractivity contribution is 7.13. The van der Waals surface area contributed by atoms with Crippen LogP contribution in [0.25, 0.3) is 10.4 Å². The summed E-state index contributed by atoms with van der Waals surface area (Å²) in [6, 6.07) is 4.48. The number of hydrogen-bond acceptors (Lipinski definition) is 6. The van der Waals surface area contributed by atoms with Crippen LogP contribution in [0.3, 0.4) is 0 Å². The number of likely N-dealkylation sites (tertiary alicyclic amines) is 1. The number of Topliss-reactive ketones (excluding diaryl/α,β-unsaturated/α-hetero) is 1. The highest BCUT2D eigenvalue weighted by Gasteiger charge is 2.48. The van der Waals surface area contributed by atoms with Crippen molar-refractivity contribution < 1.29 is 19.1 Å². The summed E-state index contributed by atoms with van der Waals surface area (Å²) in [6.07, 6.45) is 4.14. The van der Waals surface area contributed by atoms with Gasteiger partial charge in [0.05, 0.1) is 11.7 Å². The van der Waals surface area contributed by atoms with E-state index in [4.69, 9.17) is 4.74 Å². The first kappa shape index (κ1) is 20.7. The molecule has 0 spiro atoms. The molecule has 4 heterocycles. The predicted molar refractivity (Wildman–Crippen MR) is 113 cm³/mol. The number of carbonyl (C=O) groups excluding carboxylic acids is 3. The Bertz CT molecular complexity index is 944. The van der Waals surface area contributed by atoms with Crippen LogP contribution >= 0.6 is 11.3 Å². The van der Waals surface area contributed by atoms with Crippen LogP contribution in [-0.2, 0) is 14.3 Å². The Kier molecular flexibility index (Phi) is 5.97. The molecule has 8 heteroatoms. The van der Waals surface area contributed by atoms with Gasteiger partial charge in [0.1, 0.15) is 18.7 Å². The molecule has 0 unspecified atom stereocenters. The lowest BCUT2D eigenvalue weighted by atomic mass is 10.0. The molecular formula is C22H25N3O4S. The number of ether oxygens (including phenoxy) is 1. The van der Waals surface area contributed by atoms with E-state index in [2.05, 4.69) is 10.3 Å². The predicted octanol–water partition coefficient (Wildman–Crippen LogP) is 2.52. The maximum absolute atomic E-state index is 13.3. The summed E-state index contributed by atoms with van der Waals surface area (Å²) in [4.78, 5) is 45.2. The zero-order valence-corrected chi connectivity index (χ0v) is 17.9. The lowest BCUT2D eigenvalue weighted by molar-refractivity contribution is -0.138. The van der Waals surface area contributed by atoms with E-state index in [1.54, 1.807) is 28.5 Å². The number of thiophene rings is 1. The molecular weight excluding hydrogens is 402 g/mol. The van der Waals surface area contributed by atoms with Crippen LogP contribution < -0.4 is 5.32 Å². The molecule has 0 saturated carbocycles. The minimum atomic E-state index is -0.699. The van der Waals surface area contributed by atoms with Crippen molar-refractivity contribution in [3.05, 3.63) is 41.5 Å². The van der Waals surface area contributed by atoms with E-state index in [9.17, 15) is 14.4 Å². The van der Waals surface area contributed by atoms with E-state index in [0.717, 1.165) is 10.4 Å². The number of nitrogens with one attached hydrogen (secondary N) is 1. The molecule has 4 rings (SSSR count). The maximum atomic E-state index is 13.3. The van der Waals surface area contributed by atoms with E-state index in [-0.39, 0.29) is 36.2 Å². The summed E-state index contributed by atoms with van der Waals surface area (Å²) >= 11 is 1.57. The van der Waals surface area contributed by atoms with Crippen molar-refractivity contribution in [3.8, 4) is 10.4 Å². The van der Waals surface area contributed by atoms with Crippen molar-refractivity contribution in [3.63, 3.8) is 0 Å². The van der Waals surface area contributed by atoms with Crippen LogP contribution in [0, 0.1) is 5.92 Å². The van der Waals surface area contributed by atoms with E-state index in [1.165, 1.54) is 6.20 Å². The third kappa shape index (κ3) is 4.15. The number of fused-ring (bicyclic) bond motifs is 1. The zero-order chi connectivity index (χ0) is 21.3. The second kappa shape index (κ2) is 8.65. The van der Waals surface area contributed by atoms with Crippen molar-refractivity contribution in [2.75, 3.05) is 13.2 Å². The summed E-state index contributed by atoms with van der Waals surface area (Å²) in [6.45, 7) is 4.53. The summed E-state index contributed by atoms with van der Waals surface area (Å²) < 4.78 is 5.49. The first-order valence-electron chi connectivity index (χ1n) is 10.2. The summed E-state index contributed by atoms with van der Waals surface area (Å²) in [5.41, 5.74) is 1.27. The number of amides is 2. The Morgan fingerprint density at radius 3 is 2.93 bits per heavy atom. The zero-order valence-electron chi connectivity index (χ0n) is 17.0. The number of aromatic nitrogens is 1.